The van der Waals surface area contributed by atoms with E-state index in [0.29, 0.717) is 43.4 Å². The van der Waals surface area contributed by atoms with Gasteiger partial charge in [-0.25, -0.2) is 4.98 Å². The Morgan fingerprint density at radius 3 is 2.90 bits per heavy atom. The van der Waals surface area contributed by atoms with Gasteiger partial charge >= 0.3 is 0 Å². The predicted octanol–water partition coefficient (Wildman–Crippen LogP) is 3.21. The van der Waals surface area contributed by atoms with Gasteiger partial charge in [-0.1, -0.05) is 26.0 Å². The summed E-state index contributed by atoms with van der Waals surface area (Å²) in [7, 11) is 1.58. The van der Waals surface area contributed by atoms with Gasteiger partial charge < -0.3 is 19.0 Å². The number of hydrogen-bond acceptors (Lipinski definition) is 5. The van der Waals surface area contributed by atoms with E-state index in [1.807, 2.05) is 29.2 Å². The van der Waals surface area contributed by atoms with Gasteiger partial charge in [-0.15, -0.1) is 0 Å². The summed E-state index contributed by atoms with van der Waals surface area (Å²) in [5, 5.41) is 0. The van der Waals surface area contributed by atoms with Crippen LogP contribution in [-0.4, -0.2) is 41.9 Å². The third-order valence-corrected chi connectivity index (χ3v) is 5.87. The number of nitrogens with zero attached hydrogens (tertiary/aromatic N) is 3. The number of oxazole rings is 1. The lowest BCUT2D eigenvalue weighted by molar-refractivity contribution is -0.136. The second-order valence-electron chi connectivity index (χ2n) is 8.50. The van der Waals surface area contributed by atoms with Gasteiger partial charge in [-0.3, -0.25) is 9.59 Å². The van der Waals surface area contributed by atoms with Crippen LogP contribution in [0.2, 0.25) is 0 Å². The van der Waals surface area contributed by atoms with Gasteiger partial charge in [0.05, 0.1) is 25.3 Å². The molecule has 3 heterocycles. The molecule has 4 rings (SSSR count). The quantitative estimate of drug-likeness (QED) is 0.730. The van der Waals surface area contributed by atoms with Crippen molar-refractivity contribution < 1.29 is 18.7 Å². The van der Waals surface area contributed by atoms with Gasteiger partial charge in [0.1, 0.15) is 17.2 Å². The molecule has 0 aliphatic carbocycles. The van der Waals surface area contributed by atoms with Crippen LogP contribution < -0.4 is 9.64 Å². The Morgan fingerprint density at radius 1 is 1.33 bits per heavy atom. The van der Waals surface area contributed by atoms with E-state index in [-0.39, 0.29) is 24.2 Å². The average Bonchev–Trinajstić information content (AvgIpc) is 3.34. The van der Waals surface area contributed by atoms with Gasteiger partial charge in [0.25, 0.3) is 0 Å². The largest absolute Gasteiger partial charge is 0.495 e. The van der Waals surface area contributed by atoms with E-state index in [0.717, 1.165) is 30.2 Å². The predicted molar refractivity (Wildman–Crippen MR) is 112 cm³/mol. The number of aryl methyl sites for hydroxylation is 1. The van der Waals surface area contributed by atoms with Crippen molar-refractivity contribution in [3.8, 4) is 5.75 Å². The third kappa shape index (κ3) is 4.06. The van der Waals surface area contributed by atoms with Crippen molar-refractivity contribution in [2.24, 2.45) is 11.8 Å². The van der Waals surface area contributed by atoms with E-state index in [9.17, 15) is 9.59 Å². The Labute approximate surface area is 177 Å². The zero-order valence-electron chi connectivity index (χ0n) is 17.9. The fourth-order valence-electron chi connectivity index (χ4n) is 4.18. The minimum Gasteiger partial charge on any atom is -0.495 e. The molecule has 2 aliphatic heterocycles. The lowest BCUT2D eigenvalue weighted by Crippen LogP contribution is -2.40. The van der Waals surface area contributed by atoms with E-state index < -0.39 is 0 Å². The number of methoxy groups -OCH3 is 1. The van der Waals surface area contributed by atoms with Crippen molar-refractivity contribution in [1.82, 2.24) is 9.88 Å². The summed E-state index contributed by atoms with van der Waals surface area (Å²) >= 11 is 0. The number of anilines is 1. The first-order chi connectivity index (χ1) is 14.5. The number of rotatable bonds is 6. The Morgan fingerprint density at radius 2 is 2.13 bits per heavy atom. The van der Waals surface area contributed by atoms with Crippen LogP contribution in [-0.2, 0) is 29.0 Å². The van der Waals surface area contributed by atoms with E-state index in [1.165, 1.54) is 0 Å². The molecule has 7 nitrogen and oxygen atoms in total. The summed E-state index contributed by atoms with van der Waals surface area (Å²) in [4.78, 5) is 33.9. The Kier molecular flexibility index (Phi) is 5.79. The number of amides is 2. The highest BCUT2D eigenvalue weighted by atomic mass is 16.5. The number of carbonyl (C=O) groups excluding carboxylic acids is 2. The maximum Gasteiger partial charge on any atom is 0.228 e. The molecular weight excluding hydrogens is 382 g/mol. The molecule has 2 aromatic rings. The number of fused-ring (bicyclic) bond motifs is 1. The van der Waals surface area contributed by atoms with Crippen LogP contribution in [0.5, 0.6) is 5.75 Å². The molecule has 1 fully saturated rings. The lowest BCUT2D eigenvalue weighted by atomic mass is 10.0. The summed E-state index contributed by atoms with van der Waals surface area (Å²) in [6, 6.07) is 7.41. The molecule has 0 spiro atoms. The second-order valence-corrected chi connectivity index (χ2v) is 8.50. The summed E-state index contributed by atoms with van der Waals surface area (Å²) < 4.78 is 11.3. The fraction of sp³-hybridized carbons (Fsp3) is 0.522. The molecule has 2 amide bonds. The van der Waals surface area contributed by atoms with Gasteiger partial charge in [-0.05, 0) is 24.5 Å². The second kappa shape index (κ2) is 8.50. The zero-order chi connectivity index (χ0) is 21.3. The molecule has 1 aromatic carbocycles. The number of aromatic nitrogens is 1. The smallest absolute Gasteiger partial charge is 0.228 e. The Bertz CT molecular complexity index is 936. The van der Waals surface area contributed by atoms with Crippen molar-refractivity contribution in [3.63, 3.8) is 0 Å². The number of hydrogen-bond donors (Lipinski definition) is 0. The molecule has 160 valence electrons. The normalized spacial score (nSPS) is 18.8. The van der Waals surface area contributed by atoms with E-state index in [1.54, 1.807) is 12.0 Å². The summed E-state index contributed by atoms with van der Waals surface area (Å²) in [5.41, 5.74) is 1.58. The third-order valence-electron chi connectivity index (χ3n) is 5.87. The Hall–Kier alpha value is -2.83. The highest BCUT2D eigenvalue weighted by Crippen LogP contribution is 2.34. The molecule has 7 heteroatoms. The SMILES string of the molecule is COc1ccccc1N1CC(C(=O)N2CCc3oc(CCC(C)C)nc3C2)CC1=O. The molecule has 1 saturated heterocycles. The van der Waals surface area contributed by atoms with Gasteiger partial charge in [-0.2, -0.15) is 0 Å². The standard InChI is InChI=1S/C23H29N3O4/c1-15(2)8-9-21-24-17-14-25(11-10-19(17)30-21)23(28)16-12-22(27)26(13-16)18-6-4-5-7-20(18)29-3/h4-7,15-16H,8-14H2,1-3H3. The summed E-state index contributed by atoms with van der Waals surface area (Å²) in [6.07, 6.45) is 2.75. The van der Waals surface area contributed by atoms with Crippen LogP contribution >= 0.6 is 0 Å². The molecule has 0 saturated carbocycles. The highest BCUT2D eigenvalue weighted by molar-refractivity contribution is 6.01. The number of para-hydroxylation sites is 2. The van der Waals surface area contributed by atoms with Crippen LogP contribution in [0.4, 0.5) is 5.69 Å². The van der Waals surface area contributed by atoms with Crippen molar-refractivity contribution >= 4 is 17.5 Å². The number of benzene rings is 1. The van der Waals surface area contributed by atoms with Crippen LogP contribution in [0.15, 0.2) is 28.7 Å². The van der Waals surface area contributed by atoms with Crippen LogP contribution in [0.1, 0.15) is 44.0 Å². The monoisotopic (exact) mass is 411 g/mol. The van der Waals surface area contributed by atoms with Crippen molar-refractivity contribution in [1.29, 1.82) is 0 Å². The van der Waals surface area contributed by atoms with Gasteiger partial charge in [0, 0.05) is 32.4 Å². The van der Waals surface area contributed by atoms with Gasteiger partial charge in [0.15, 0.2) is 5.89 Å². The van der Waals surface area contributed by atoms with Crippen LogP contribution in [0, 0.1) is 11.8 Å². The molecule has 0 radical (unpaired) electrons. The van der Waals surface area contributed by atoms with E-state index in [2.05, 4.69) is 18.8 Å². The summed E-state index contributed by atoms with van der Waals surface area (Å²) in [5.74, 6) is 2.51. The Balaban J connectivity index is 1.43. The van der Waals surface area contributed by atoms with E-state index in [4.69, 9.17) is 9.15 Å². The molecule has 0 bridgehead atoms. The first kappa shape index (κ1) is 20.4. The van der Waals surface area contributed by atoms with Gasteiger partial charge in [0.2, 0.25) is 11.8 Å². The first-order valence-corrected chi connectivity index (χ1v) is 10.7. The maximum absolute atomic E-state index is 13.2. The minimum absolute atomic E-state index is 0.0122. The molecular formula is C23H29N3O4. The molecule has 0 N–H and O–H groups in total. The number of ether oxygens (including phenoxy) is 1. The lowest BCUT2D eigenvalue weighted by Gasteiger charge is -2.28. The molecule has 1 aromatic heterocycles. The zero-order valence-corrected chi connectivity index (χ0v) is 17.9. The fourth-order valence-corrected chi connectivity index (χ4v) is 4.18. The topological polar surface area (TPSA) is 75.9 Å². The first-order valence-electron chi connectivity index (χ1n) is 10.7. The molecule has 30 heavy (non-hydrogen) atoms. The highest BCUT2D eigenvalue weighted by Gasteiger charge is 2.39. The van der Waals surface area contributed by atoms with E-state index >= 15 is 0 Å². The van der Waals surface area contributed by atoms with Crippen molar-refractivity contribution in [2.75, 3.05) is 25.1 Å². The molecule has 1 unspecified atom stereocenters. The van der Waals surface area contributed by atoms with Crippen molar-refractivity contribution in [2.45, 2.75) is 46.1 Å². The minimum atomic E-state index is -0.351. The summed E-state index contributed by atoms with van der Waals surface area (Å²) in [6.45, 7) is 5.80. The molecule has 2 aliphatic rings. The van der Waals surface area contributed by atoms with Crippen LogP contribution in [0.25, 0.3) is 0 Å². The average molecular weight is 412 g/mol. The van der Waals surface area contributed by atoms with Crippen LogP contribution in [0.3, 0.4) is 0 Å². The maximum atomic E-state index is 13.2. The molecule has 1 atom stereocenters. The number of carbonyl (C=O) groups is 2. The van der Waals surface area contributed by atoms with Crippen molar-refractivity contribution in [3.05, 3.63) is 41.6 Å².